The Hall–Kier alpha value is -1.40. The molecule has 0 aliphatic rings. The zero-order valence-corrected chi connectivity index (χ0v) is 13.3. The van der Waals surface area contributed by atoms with Crippen molar-refractivity contribution < 1.29 is 9.59 Å². The van der Waals surface area contributed by atoms with Crippen LogP contribution in [0.4, 0.5) is 0 Å². The maximum absolute atomic E-state index is 11.9. The predicted octanol–water partition coefficient (Wildman–Crippen LogP) is 1.35. The fourth-order valence-corrected chi connectivity index (χ4v) is 2.04. The van der Waals surface area contributed by atoms with Gasteiger partial charge in [-0.3, -0.25) is 9.59 Å². The highest BCUT2D eigenvalue weighted by atomic mass is 79.9. The second-order valence-electron chi connectivity index (χ2n) is 4.46. The lowest BCUT2D eigenvalue weighted by molar-refractivity contribution is -0.122. The number of likely N-dealkylation sites (N-methyl/N-ethyl adjacent to an activating group) is 1. The monoisotopic (exact) mass is 341 g/mol. The maximum Gasteiger partial charge on any atom is 0.222 e. The van der Waals surface area contributed by atoms with Crippen LogP contribution in [0.5, 0.6) is 0 Å². The van der Waals surface area contributed by atoms with Crippen LogP contribution in [0, 0.1) is 0 Å². The van der Waals surface area contributed by atoms with Crippen LogP contribution in [0.25, 0.3) is 0 Å². The zero-order chi connectivity index (χ0) is 15.0. The lowest BCUT2D eigenvalue weighted by atomic mass is 10.0. The number of benzene rings is 1. The summed E-state index contributed by atoms with van der Waals surface area (Å²) in [4.78, 5) is 23.1. The van der Waals surface area contributed by atoms with Gasteiger partial charge in [-0.2, -0.15) is 0 Å². The molecule has 0 spiro atoms. The molecule has 20 heavy (non-hydrogen) atoms. The Balaban J connectivity index is 2.67. The van der Waals surface area contributed by atoms with E-state index in [1.54, 1.807) is 0 Å². The Morgan fingerprint density at radius 3 is 2.40 bits per heavy atom. The first-order valence-corrected chi connectivity index (χ1v) is 7.26. The number of halogens is 1. The molecule has 1 aromatic rings. The number of rotatable bonds is 7. The Bertz CT molecular complexity index is 448. The third-order valence-corrected chi connectivity index (χ3v) is 3.27. The summed E-state index contributed by atoms with van der Waals surface area (Å²) in [5.74, 6) is -0.233. The summed E-state index contributed by atoms with van der Waals surface area (Å²) in [6.45, 7) is 2.74. The van der Waals surface area contributed by atoms with Crippen LogP contribution >= 0.6 is 15.9 Å². The highest BCUT2D eigenvalue weighted by molar-refractivity contribution is 9.10. The molecule has 0 aliphatic carbocycles. The summed E-state index contributed by atoms with van der Waals surface area (Å²) in [6, 6.07) is 7.26. The molecule has 1 aromatic carbocycles. The Morgan fingerprint density at radius 2 is 1.85 bits per heavy atom. The fraction of sp³-hybridized carbons (Fsp3) is 0.429. The molecule has 1 atom stereocenters. The molecule has 0 aromatic heterocycles. The summed E-state index contributed by atoms with van der Waals surface area (Å²) in [5, 5.41) is 8.57. The van der Waals surface area contributed by atoms with Crippen molar-refractivity contribution in [3.05, 3.63) is 34.3 Å². The van der Waals surface area contributed by atoms with Gasteiger partial charge in [0, 0.05) is 24.5 Å². The molecule has 110 valence electrons. The quantitative estimate of drug-likeness (QED) is 0.655. The number of carbonyl (C=O) groups excluding carboxylic acids is 2. The van der Waals surface area contributed by atoms with E-state index < -0.39 is 0 Å². The van der Waals surface area contributed by atoms with Gasteiger partial charge in [-0.25, -0.2) is 0 Å². The number of hydrogen-bond acceptors (Lipinski definition) is 3. The van der Waals surface area contributed by atoms with Crippen molar-refractivity contribution in [3.8, 4) is 0 Å². The van der Waals surface area contributed by atoms with Gasteiger partial charge in [0.25, 0.3) is 0 Å². The van der Waals surface area contributed by atoms with Gasteiger partial charge in [-0.05, 0) is 24.7 Å². The van der Waals surface area contributed by atoms with Gasteiger partial charge in [0.1, 0.15) is 0 Å². The molecule has 1 rings (SSSR count). The Morgan fingerprint density at radius 1 is 1.20 bits per heavy atom. The molecule has 6 heteroatoms. The first kappa shape index (κ1) is 16.7. The number of carbonyl (C=O) groups is 2. The average molecular weight is 342 g/mol. The second kappa shape index (κ2) is 8.71. The van der Waals surface area contributed by atoms with E-state index in [0.29, 0.717) is 6.54 Å². The molecular weight excluding hydrogens is 322 g/mol. The van der Waals surface area contributed by atoms with Crippen molar-refractivity contribution in [1.82, 2.24) is 16.0 Å². The van der Waals surface area contributed by atoms with Crippen LogP contribution < -0.4 is 16.0 Å². The second-order valence-corrected chi connectivity index (χ2v) is 5.38. The molecule has 1 unspecified atom stereocenters. The van der Waals surface area contributed by atoms with Gasteiger partial charge >= 0.3 is 0 Å². The van der Waals surface area contributed by atoms with E-state index in [-0.39, 0.29) is 24.3 Å². The van der Waals surface area contributed by atoms with Gasteiger partial charge in [0.15, 0.2) is 0 Å². The standard InChI is InChI=1S/C14H20BrN3O2/c1-10(19)18-13(9-14(20)17-8-7-16-2)11-3-5-12(15)6-4-11/h3-6,13,16H,7-9H2,1-2H3,(H,17,20)(H,18,19). The summed E-state index contributed by atoms with van der Waals surface area (Å²) in [6.07, 6.45) is 0.227. The van der Waals surface area contributed by atoms with Crippen molar-refractivity contribution in [2.24, 2.45) is 0 Å². The number of hydrogen-bond donors (Lipinski definition) is 3. The third-order valence-electron chi connectivity index (χ3n) is 2.74. The first-order valence-electron chi connectivity index (χ1n) is 6.46. The van der Waals surface area contributed by atoms with E-state index in [1.165, 1.54) is 6.92 Å². The number of nitrogens with one attached hydrogen (secondary N) is 3. The SMILES string of the molecule is CNCCNC(=O)CC(NC(C)=O)c1ccc(Br)cc1. The van der Waals surface area contributed by atoms with E-state index in [1.807, 2.05) is 31.3 Å². The van der Waals surface area contributed by atoms with E-state index >= 15 is 0 Å². The van der Waals surface area contributed by atoms with Gasteiger partial charge in [-0.15, -0.1) is 0 Å². The van der Waals surface area contributed by atoms with Gasteiger partial charge < -0.3 is 16.0 Å². The topological polar surface area (TPSA) is 70.2 Å². The van der Waals surface area contributed by atoms with Crippen LogP contribution in [0.15, 0.2) is 28.7 Å². The minimum atomic E-state index is -0.310. The highest BCUT2D eigenvalue weighted by Gasteiger charge is 2.16. The largest absolute Gasteiger partial charge is 0.355 e. The normalized spacial score (nSPS) is 11.8. The summed E-state index contributed by atoms with van der Waals surface area (Å²) in [7, 11) is 1.83. The van der Waals surface area contributed by atoms with Crippen LogP contribution in [0.2, 0.25) is 0 Å². The van der Waals surface area contributed by atoms with Gasteiger partial charge in [-0.1, -0.05) is 28.1 Å². The fourth-order valence-electron chi connectivity index (χ4n) is 1.78. The molecular formula is C14H20BrN3O2. The Kier molecular flexibility index (Phi) is 7.25. The molecule has 3 N–H and O–H groups in total. The lowest BCUT2D eigenvalue weighted by Gasteiger charge is -2.18. The van der Waals surface area contributed by atoms with Gasteiger partial charge in [0.2, 0.25) is 11.8 Å². The van der Waals surface area contributed by atoms with Crippen LogP contribution in [-0.4, -0.2) is 32.0 Å². The summed E-state index contributed by atoms with van der Waals surface area (Å²) in [5.41, 5.74) is 0.909. The molecule has 0 saturated carbocycles. The van der Waals surface area contributed by atoms with Crippen molar-refractivity contribution in [2.75, 3.05) is 20.1 Å². The van der Waals surface area contributed by atoms with Crippen molar-refractivity contribution >= 4 is 27.7 Å². The third kappa shape index (κ3) is 6.16. The molecule has 0 bridgehead atoms. The lowest BCUT2D eigenvalue weighted by Crippen LogP contribution is -2.35. The van der Waals surface area contributed by atoms with Crippen LogP contribution in [-0.2, 0) is 9.59 Å². The molecule has 2 amide bonds. The smallest absolute Gasteiger partial charge is 0.222 e. The Labute approximate surface area is 127 Å². The predicted molar refractivity (Wildman–Crippen MR) is 82.3 cm³/mol. The molecule has 5 nitrogen and oxygen atoms in total. The van der Waals surface area contributed by atoms with E-state index in [9.17, 15) is 9.59 Å². The van der Waals surface area contributed by atoms with E-state index in [4.69, 9.17) is 0 Å². The highest BCUT2D eigenvalue weighted by Crippen LogP contribution is 2.19. The van der Waals surface area contributed by atoms with Crippen LogP contribution in [0.1, 0.15) is 24.9 Å². The van der Waals surface area contributed by atoms with Crippen molar-refractivity contribution in [3.63, 3.8) is 0 Å². The minimum absolute atomic E-state index is 0.0816. The maximum atomic E-state index is 11.9. The first-order chi connectivity index (χ1) is 9.52. The molecule has 0 fully saturated rings. The zero-order valence-electron chi connectivity index (χ0n) is 11.7. The van der Waals surface area contributed by atoms with E-state index in [0.717, 1.165) is 16.6 Å². The number of amides is 2. The molecule has 0 aliphatic heterocycles. The minimum Gasteiger partial charge on any atom is -0.355 e. The van der Waals surface area contributed by atoms with Crippen LogP contribution in [0.3, 0.4) is 0 Å². The summed E-state index contributed by atoms with van der Waals surface area (Å²) < 4.78 is 0.960. The average Bonchev–Trinajstić information content (AvgIpc) is 2.38. The van der Waals surface area contributed by atoms with Crippen molar-refractivity contribution in [1.29, 1.82) is 0 Å². The van der Waals surface area contributed by atoms with Crippen molar-refractivity contribution in [2.45, 2.75) is 19.4 Å². The van der Waals surface area contributed by atoms with E-state index in [2.05, 4.69) is 31.9 Å². The summed E-state index contributed by atoms with van der Waals surface area (Å²) >= 11 is 3.36. The molecule has 0 radical (unpaired) electrons. The molecule has 0 saturated heterocycles. The van der Waals surface area contributed by atoms with Gasteiger partial charge in [0.05, 0.1) is 12.5 Å². The molecule has 0 heterocycles.